The number of nitrogens with one attached hydrogen (secondary N) is 1. The summed E-state index contributed by atoms with van der Waals surface area (Å²) in [6.45, 7) is 6.34. The van der Waals surface area contributed by atoms with Crippen LogP contribution >= 0.6 is 0 Å². The molecule has 0 bridgehead atoms. The van der Waals surface area contributed by atoms with Gasteiger partial charge in [-0.25, -0.2) is 8.78 Å². The van der Waals surface area contributed by atoms with Crippen LogP contribution in [0.3, 0.4) is 0 Å². The lowest BCUT2D eigenvalue weighted by atomic mass is 9.89. The van der Waals surface area contributed by atoms with Crippen molar-refractivity contribution in [2.75, 3.05) is 32.7 Å². The lowest BCUT2D eigenvalue weighted by Gasteiger charge is -2.35. The SMILES string of the molecule is CO/C(=C\C(N)=O)CC(=O)N(C)C(C(=O)Nc1cc(F)c([Si](C)(C)C)c(F)c1)C1CCOCC1. The molecule has 1 aromatic rings. The van der Waals surface area contributed by atoms with Crippen LogP contribution in [0.4, 0.5) is 14.5 Å². The van der Waals surface area contributed by atoms with Crippen LogP contribution in [-0.2, 0) is 23.9 Å². The second-order valence-corrected chi connectivity index (χ2v) is 14.3. The standard InChI is InChI=1S/C23H33F2N3O5Si/c1-28(20(30)13-16(32-2)12-19(26)29)21(14-6-8-33-9-7-14)23(31)27-15-10-17(24)22(18(25)11-15)34(3,4)5/h10-12,14,21H,6-9,13H2,1-5H3,(H2,26,29)(H,27,31)/b16-12-. The summed E-state index contributed by atoms with van der Waals surface area (Å²) < 4.78 is 39.8. The van der Waals surface area contributed by atoms with Crippen LogP contribution in [0.25, 0.3) is 0 Å². The zero-order chi connectivity index (χ0) is 25.6. The number of halogens is 2. The summed E-state index contributed by atoms with van der Waals surface area (Å²) in [4.78, 5) is 38.6. The number of ether oxygens (including phenoxy) is 2. The van der Waals surface area contributed by atoms with Crippen molar-refractivity contribution in [1.29, 1.82) is 0 Å². The second kappa shape index (κ2) is 11.6. The summed E-state index contributed by atoms with van der Waals surface area (Å²) >= 11 is 0. The van der Waals surface area contributed by atoms with E-state index in [0.717, 1.165) is 18.2 Å². The van der Waals surface area contributed by atoms with Gasteiger partial charge in [0.1, 0.15) is 23.4 Å². The van der Waals surface area contributed by atoms with Gasteiger partial charge in [-0.3, -0.25) is 14.4 Å². The number of amides is 3. The fraction of sp³-hybridized carbons (Fsp3) is 0.522. The Labute approximate surface area is 199 Å². The first-order chi connectivity index (χ1) is 15.8. The second-order valence-electron chi connectivity index (χ2n) is 9.35. The van der Waals surface area contributed by atoms with Crippen molar-refractivity contribution < 1.29 is 32.6 Å². The molecule has 1 fully saturated rings. The summed E-state index contributed by atoms with van der Waals surface area (Å²) in [5, 5.41) is 2.64. The van der Waals surface area contributed by atoms with Crippen LogP contribution in [-0.4, -0.2) is 64.1 Å². The lowest BCUT2D eigenvalue weighted by molar-refractivity contribution is -0.140. The van der Waals surface area contributed by atoms with E-state index in [9.17, 15) is 23.2 Å². The maximum absolute atomic E-state index is 14.7. The predicted molar refractivity (Wildman–Crippen MR) is 127 cm³/mol. The molecule has 1 atom stereocenters. The van der Waals surface area contributed by atoms with E-state index in [1.165, 1.54) is 19.1 Å². The zero-order valence-corrected chi connectivity index (χ0v) is 21.2. The minimum absolute atomic E-state index is 0.0221. The molecule has 1 unspecified atom stereocenters. The van der Waals surface area contributed by atoms with Crippen LogP contribution < -0.4 is 16.2 Å². The maximum atomic E-state index is 14.7. The Morgan fingerprint density at radius 1 is 1.24 bits per heavy atom. The van der Waals surface area contributed by atoms with Crippen molar-refractivity contribution in [3.63, 3.8) is 0 Å². The summed E-state index contributed by atoms with van der Waals surface area (Å²) in [6.07, 6.45) is 1.78. The van der Waals surface area contributed by atoms with Gasteiger partial charge in [-0.05, 0) is 30.9 Å². The molecular weight excluding hydrogens is 464 g/mol. The van der Waals surface area contributed by atoms with Gasteiger partial charge in [-0.1, -0.05) is 19.6 Å². The largest absolute Gasteiger partial charge is 0.500 e. The fourth-order valence-corrected chi connectivity index (χ4v) is 5.66. The van der Waals surface area contributed by atoms with Gasteiger partial charge in [0.15, 0.2) is 0 Å². The van der Waals surface area contributed by atoms with Crippen molar-refractivity contribution in [3.8, 4) is 0 Å². The van der Waals surface area contributed by atoms with E-state index in [-0.39, 0.29) is 29.0 Å². The topological polar surface area (TPSA) is 111 Å². The number of primary amides is 1. The average molecular weight is 498 g/mol. The van der Waals surface area contributed by atoms with Gasteiger partial charge < -0.3 is 25.4 Å². The van der Waals surface area contributed by atoms with Crippen LogP contribution in [0, 0.1) is 17.6 Å². The van der Waals surface area contributed by atoms with Crippen LogP contribution in [0.2, 0.25) is 19.6 Å². The number of nitrogens with two attached hydrogens (primary N) is 1. The third-order valence-electron chi connectivity index (χ3n) is 5.74. The number of likely N-dealkylation sites (N-methyl/N-ethyl adjacent to an activating group) is 1. The smallest absolute Gasteiger partial charge is 0.247 e. The Kier molecular flexibility index (Phi) is 9.34. The monoisotopic (exact) mass is 497 g/mol. The molecule has 188 valence electrons. The van der Waals surface area contributed by atoms with Gasteiger partial charge in [0.2, 0.25) is 17.7 Å². The Bertz CT molecular complexity index is 935. The highest BCUT2D eigenvalue weighted by atomic mass is 28.3. The summed E-state index contributed by atoms with van der Waals surface area (Å²) in [5.41, 5.74) is 5.11. The molecule has 0 aromatic heterocycles. The molecule has 11 heteroatoms. The molecule has 1 aliphatic heterocycles. The molecule has 1 heterocycles. The van der Waals surface area contributed by atoms with Gasteiger partial charge in [-0.2, -0.15) is 0 Å². The minimum Gasteiger partial charge on any atom is -0.500 e. The molecule has 1 saturated heterocycles. The van der Waals surface area contributed by atoms with Crippen molar-refractivity contribution in [3.05, 3.63) is 35.6 Å². The van der Waals surface area contributed by atoms with Crippen molar-refractivity contribution >= 4 is 36.7 Å². The first-order valence-electron chi connectivity index (χ1n) is 11.0. The van der Waals surface area contributed by atoms with E-state index in [0.29, 0.717) is 26.1 Å². The average Bonchev–Trinajstić information content (AvgIpc) is 2.72. The Hall–Kier alpha value is -2.79. The van der Waals surface area contributed by atoms with E-state index in [2.05, 4.69) is 5.32 Å². The maximum Gasteiger partial charge on any atom is 0.247 e. The minimum atomic E-state index is -2.28. The summed E-state index contributed by atoms with van der Waals surface area (Å²) in [6, 6.07) is 1.29. The van der Waals surface area contributed by atoms with Crippen molar-refractivity contribution in [1.82, 2.24) is 4.90 Å². The van der Waals surface area contributed by atoms with Gasteiger partial charge in [0.05, 0.1) is 21.6 Å². The van der Waals surface area contributed by atoms with E-state index in [4.69, 9.17) is 15.2 Å². The molecule has 0 radical (unpaired) electrons. The quantitative estimate of drug-likeness (QED) is 0.308. The van der Waals surface area contributed by atoms with Gasteiger partial charge >= 0.3 is 0 Å². The molecule has 2 rings (SSSR count). The number of benzene rings is 1. The van der Waals surface area contributed by atoms with Gasteiger partial charge in [-0.15, -0.1) is 0 Å². The number of carbonyl (C=O) groups is 3. The van der Waals surface area contributed by atoms with Crippen molar-refractivity contribution in [2.45, 2.75) is 44.9 Å². The first kappa shape index (κ1) is 27.5. The molecule has 0 spiro atoms. The van der Waals surface area contributed by atoms with Gasteiger partial charge in [0.25, 0.3) is 0 Å². The van der Waals surface area contributed by atoms with Crippen LogP contribution in [0.15, 0.2) is 24.0 Å². The Balaban J connectivity index is 2.31. The molecule has 1 aliphatic rings. The van der Waals surface area contributed by atoms with Crippen LogP contribution in [0.1, 0.15) is 19.3 Å². The highest BCUT2D eigenvalue weighted by Crippen LogP contribution is 2.25. The Morgan fingerprint density at radius 2 is 1.79 bits per heavy atom. The number of hydrogen-bond acceptors (Lipinski definition) is 5. The summed E-state index contributed by atoms with van der Waals surface area (Å²) in [5.74, 6) is -3.40. The van der Waals surface area contributed by atoms with E-state index in [1.54, 1.807) is 0 Å². The molecule has 3 N–H and O–H groups in total. The summed E-state index contributed by atoms with van der Waals surface area (Å²) in [7, 11) is 0.493. The van der Waals surface area contributed by atoms with E-state index in [1.807, 2.05) is 19.6 Å². The van der Waals surface area contributed by atoms with Crippen LogP contribution in [0.5, 0.6) is 0 Å². The number of hydrogen-bond donors (Lipinski definition) is 2. The number of nitrogens with zero attached hydrogens (tertiary/aromatic N) is 1. The molecular formula is C23H33F2N3O5Si. The number of anilines is 1. The van der Waals surface area contributed by atoms with Crippen molar-refractivity contribution in [2.24, 2.45) is 11.7 Å². The highest BCUT2D eigenvalue weighted by molar-refractivity contribution is 6.88. The predicted octanol–water partition coefficient (Wildman–Crippen LogP) is 2.11. The molecule has 0 saturated carbocycles. The van der Waals surface area contributed by atoms with E-state index >= 15 is 0 Å². The molecule has 8 nitrogen and oxygen atoms in total. The van der Waals surface area contributed by atoms with E-state index < -0.39 is 43.5 Å². The number of carbonyl (C=O) groups excluding carboxylic acids is 3. The molecule has 34 heavy (non-hydrogen) atoms. The molecule has 0 aliphatic carbocycles. The number of rotatable bonds is 9. The third kappa shape index (κ3) is 7.10. The first-order valence-corrected chi connectivity index (χ1v) is 14.5. The highest BCUT2D eigenvalue weighted by Gasteiger charge is 2.36. The van der Waals surface area contributed by atoms with Gasteiger partial charge in [0, 0.05) is 37.2 Å². The fourth-order valence-electron chi connectivity index (χ4n) is 4.09. The third-order valence-corrected chi connectivity index (χ3v) is 7.72. The number of methoxy groups -OCH3 is 1. The normalized spacial score (nSPS) is 16.0. The lowest BCUT2D eigenvalue weighted by Crippen LogP contribution is -2.51. The zero-order valence-electron chi connectivity index (χ0n) is 20.2. The molecule has 1 aromatic carbocycles. The molecule has 3 amide bonds. The Morgan fingerprint density at radius 3 is 2.26 bits per heavy atom.